The van der Waals surface area contributed by atoms with Crippen molar-refractivity contribution in [1.29, 1.82) is 0 Å². The van der Waals surface area contributed by atoms with Crippen LogP contribution in [0.15, 0.2) is 35.2 Å². The zero-order valence-electron chi connectivity index (χ0n) is 11.6. The Labute approximate surface area is 122 Å². The molecule has 3 nitrogen and oxygen atoms in total. The molecule has 2 heterocycles. The molecule has 0 atom stereocenters. The number of hydrogen-bond donors (Lipinski definition) is 2. The van der Waals surface area contributed by atoms with Crippen LogP contribution in [0.25, 0.3) is 10.8 Å². The van der Waals surface area contributed by atoms with E-state index in [-0.39, 0.29) is 0 Å². The fourth-order valence-corrected chi connectivity index (χ4v) is 3.13. The summed E-state index contributed by atoms with van der Waals surface area (Å²) in [6.45, 7) is 4.97. The van der Waals surface area contributed by atoms with Crippen molar-refractivity contribution >= 4 is 33.5 Å². The van der Waals surface area contributed by atoms with Crippen molar-refractivity contribution in [2.45, 2.75) is 20.4 Å². The Morgan fingerprint density at radius 3 is 2.80 bits per heavy atom. The third-order valence-corrected chi connectivity index (χ3v) is 4.41. The number of rotatable bonds is 3. The average Bonchev–Trinajstić information content (AvgIpc) is 2.83. The second-order valence-electron chi connectivity index (χ2n) is 5.01. The Hall–Kier alpha value is -2.07. The Balaban J connectivity index is 1.97. The number of nitrogens with zero attached hydrogens (tertiary/aromatic N) is 1. The maximum absolute atomic E-state index is 6.02. The molecule has 0 saturated heterocycles. The quantitative estimate of drug-likeness (QED) is 0.711. The molecule has 0 aliphatic carbocycles. The highest BCUT2D eigenvalue weighted by atomic mass is 32.1. The van der Waals surface area contributed by atoms with E-state index in [1.54, 1.807) is 11.3 Å². The van der Waals surface area contributed by atoms with Gasteiger partial charge in [-0.05, 0) is 53.9 Å². The number of benzene rings is 1. The van der Waals surface area contributed by atoms with E-state index >= 15 is 0 Å². The number of fused-ring (bicyclic) bond motifs is 1. The van der Waals surface area contributed by atoms with Gasteiger partial charge in [-0.25, -0.2) is 0 Å². The van der Waals surface area contributed by atoms with E-state index in [1.165, 1.54) is 11.1 Å². The predicted octanol–water partition coefficient (Wildman–Crippen LogP) is 4.11. The second-order valence-corrected chi connectivity index (χ2v) is 5.75. The van der Waals surface area contributed by atoms with Gasteiger partial charge in [0.2, 0.25) is 0 Å². The molecule has 2 aromatic heterocycles. The first kappa shape index (κ1) is 12.9. The normalized spacial score (nSPS) is 10.9. The van der Waals surface area contributed by atoms with Gasteiger partial charge in [0.05, 0.1) is 0 Å². The molecule has 3 N–H and O–H groups in total. The molecule has 102 valence electrons. The summed E-state index contributed by atoms with van der Waals surface area (Å²) in [5.74, 6) is 0. The van der Waals surface area contributed by atoms with Gasteiger partial charge in [0, 0.05) is 40.6 Å². The van der Waals surface area contributed by atoms with Gasteiger partial charge in [-0.3, -0.25) is 4.98 Å². The fraction of sp³-hybridized carbons (Fsp3) is 0.188. The summed E-state index contributed by atoms with van der Waals surface area (Å²) in [7, 11) is 0. The molecule has 0 bridgehead atoms. The molecule has 1 aromatic carbocycles. The summed E-state index contributed by atoms with van der Waals surface area (Å²) in [6.07, 6.45) is 1.85. The molecular weight excluding hydrogens is 266 g/mol. The van der Waals surface area contributed by atoms with Crippen LogP contribution in [0, 0.1) is 13.8 Å². The van der Waals surface area contributed by atoms with Gasteiger partial charge in [-0.1, -0.05) is 0 Å². The first-order chi connectivity index (χ1) is 9.65. The first-order valence-corrected chi connectivity index (χ1v) is 7.50. The van der Waals surface area contributed by atoms with Crippen molar-refractivity contribution in [3.63, 3.8) is 0 Å². The second kappa shape index (κ2) is 5.13. The maximum atomic E-state index is 6.02. The number of nitrogens with two attached hydrogens (primary N) is 1. The van der Waals surface area contributed by atoms with Crippen LogP contribution in [0.2, 0.25) is 0 Å². The van der Waals surface area contributed by atoms with Crippen molar-refractivity contribution in [3.8, 4) is 0 Å². The van der Waals surface area contributed by atoms with Crippen molar-refractivity contribution < 1.29 is 0 Å². The Morgan fingerprint density at radius 2 is 2.05 bits per heavy atom. The van der Waals surface area contributed by atoms with Crippen molar-refractivity contribution in [3.05, 3.63) is 52.0 Å². The van der Waals surface area contributed by atoms with E-state index in [1.807, 2.05) is 25.3 Å². The van der Waals surface area contributed by atoms with E-state index in [4.69, 9.17) is 5.73 Å². The summed E-state index contributed by atoms with van der Waals surface area (Å²) in [5.41, 5.74) is 11.6. The molecule has 0 fully saturated rings. The van der Waals surface area contributed by atoms with Crippen molar-refractivity contribution in [2.75, 3.05) is 11.1 Å². The lowest BCUT2D eigenvalue weighted by atomic mass is 10.1. The van der Waals surface area contributed by atoms with Crippen LogP contribution in [0.3, 0.4) is 0 Å². The monoisotopic (exact) mass is 283 g/mol. The number of nitrogens with one attached hydrogen (secondary N) is 1. The number of aromatic nitrogens is 1. The van der Waals surface area contributed by atoms with Crippen LogP contribution in [0.5, 0.6) is 0 Å². The highest BCUT2D eigenvalue weighted by molar-refractivity contribution is 7.08. The molecule has 0 unspecified atom stereocenters. The summed E-state index contributed by atoms with van der Waals surface area (Å²) in [6, 6.07) is 6.05. The SMILES string of the molecule is Cc1cc2c(NCc3cscc3C)ccc(N)c2cn1. The number of pyridine rings is 1. The smallest absolute Gasteiger partial charge is 0.0425 e. The lowest BCUT2D eigenvalue weighted by Crippen LogP contribution is -2.01. The number of nitrogen functional groups attached to an aromatic ring is 1. The van der Waals surface area contributed by atoms with E-state index in [0.717, 1.165) is 34.4 Å². The Kier molecular flexibility index (Phi) is 3.32. The maximum Gasteiger partial charge on any atom is 0.0425 e. The zero-order valence-corrected chi connectivity index (χ0v) is 12.4. The number of thiophene rings is 1. The molecule has 0 amide bonds. The molecule has 20 heavy (non-hydrogen) atoms. The summed E-state index contributed by atoms with van der Waals surface area (Å²) in [4.78, 5) is 4.33. The van der Waals surface area contributed by atoms with Crippen LogP contribution in [-0.4, -0.2) is 4.98 Å². The third-order valence-electron chi connectivity index (χ3n) is 3.50. The molecule has 0 spiro atoms. The highest BCUT2D eigenvalue weighted by Gasteiger charge is 2.06. The van der Waals surface area contributed by atoms with Crippen LogP contribution in [0.1, 0.15) is 16.8 Å². The highest BCUT2D eigenvalue weighted by Crippen LogP contribution is 2.29. The molecule has 0 aliphatic heterocycles. The van der Waals surface area contributed by atoms with Crippen LogP contribution >= 0.6 is 11.3 Å². The van der Waals surface area contributed by atoms with Crippen LogP contribution in [-0.2, 0) is 6.54 Å². The van der Waals surface area contributed by atoms with Gasteiger partial charge in [-0.15, -0.1) is 0 Å². The summed E-state index contributed by atoms with van der Waals surface area (Å²) >= 11 is 1.74. The van der Waals surface area contributed by atoms with Gasteiger partial charge < -0.3 is 11.1 Å². The van der Waals surface area contributed by atoms with E-state index in [9.17, 15) is 0 Å². The first-order valence-electron chi connectivity index (χ1n) is 6.55. The van der Waals surface area contributed by atoms with E-state index in [0.29, 0.717) is 0 Å². The van der Waals surface area contributed by atoms with E-state index in [2.05, 4.69) is 34.1 Å². The van der Waals surface area contributed by atoms with Crippen molar-refractivity contribution in [2.24, 2.45) is 0 Å². The summed E-state index contributed by atoms with van der Waals surface area (Å²) in [5, 5.41) is 10.0. The molecule has 3 aromatic rings. The average molecular weight is 283 g/mol. The largest absolute Gasteiger partial charge is 0.398 e. The Bertz CT molecular complexity index is 762. The predicted molar refractivity (Wildman–Crippen MR) is 87.3 cm³/mol. The number of hydrogen-bond acceptors (Lipinski definition) is 4. The molecule has 3 rings (SSSR count). The lowest BCUT2D eigenvalue weighted by molar-refractivity contribution is 1.14. The third kappa shape index (κ3) is 2.34. The van der Waals surface area contributed by atoms with Crippen molar-refractivity contribution in [1.82, 2.24) is 4.98 Å². The fourth-order valence-electron chi connectivity index (χ4n) is 2.28. The minimum atomic E-state index is 0.768. The van der Waals surface area contributed by atoms with E-state index < -0.39 is 0 Å². The van der Waals surface area contributed by atoms with Gasteiger partial charge in [0.1, 0.15) is 0 Å². The lowest BCUT2D eigenvalue weighted by Gasteiger charge is -2.12. The molecule has 0 aliphatic rings. The zero-order chi connectivity index (χ0) is 14.1. The van der Waals surface area contributed by atoms with Gasteiger partial charge >= 0.3 is 0 Å². The summed E-state index contributed by atoms with van der Waals surface area (Å²) < 4.78 is 0. The van der Waals surface area contributed by atoms with Gasteiger partial charge in [0.15, 0.2) is 0 Å². The molecule has 4 heteroatoms. The molecule has 0 radical (unpaired) electrons. The number of anilines is 2. The van der Waals surface area contributed by atoms with Crippen LogP contribution in [0.4, 0.5) is 11.4 Å². The topological polar surface area (TPSA) is 50.9 Å². The minimum absolute atomic E-state index is 0.768. The van der Waals surface area contributed by atoms with Gasteiger partial charge in [-0.2, -0.15) is 11.3 Å². The Morgan fingerprint density at radius 1 is 1.20 bits per heavy atom. The minimum Gasteiger partial charge on any atom is -0.398 e. The molecule has 0 saturated carbocycles. The number of aryl methyl sites for hydroxylation is 2. The van der Waals surface area contributed by atoms with Gasteiger partial charge in [0.25, 0.3) is 0 Å². The molecular formula is C16H17N3S. The standard InChI is InChI=1S/C16H17N3S/c1-10-8-20-9-12(10)6-19-16-4-3-15(17)14-7-18-11(2)5-13(14)16/h3-5,7-9,19H,6,17H2,1-2H3. The van der Waals surface area contributed by atoms with Crippen LogP contribution < -0.4 is 11.1 Å².